The monoisotopic (exact) mass is 277 g/mol. The molecule has 96 valence electrons. The standard InChI is InChI=1S/C17H11NOS/c19-14-10-9-11-5-1-2-6-12(11)16(14)17-18-13-7-3-4-8-15(13)20-17/h1-10,19H. The van der Waals surface area contributed by atoms with Crippen LogP contribution in [0.1, 0.15) is 0 Å². The highest BCUT2D eigenvalue weighted by atomic mass is 32.1. The number of aromatic nitrogens is 1. The average molecular weight is 277 g/mol. The first kappa shape index (κ1) is 11.4. The van der Waals surface area contributed by atoms with Crippen LogP contribution in [0.5, 0.6) is 5.75 Å². The number of thiazole rings is 1. The molecule has 0 amide bonds. The molecule has 0 aliphatic heterocycles. The van der Waals surface area contributed by atoms with E-state index in [0.717, 1.165) is 31.6 Å². The van der Waals surface area contributed by atoms with Gasteiger partial charge in [-0.05, 0) is 29.0 Å². The smallest absolute Gasteiger partial charge is 0.128 e. The molecule has 0 saturated heterocycles. The molecule has 4 aromatic rings. The van der Waals surface area contributed by atoms with Crippen LogP contribution in [-0.4, -0.2) is 10.1 Å². The molecule has 3 heteroatoms. The highest BCUT2D eigenvalue weighted by molar-refractivity contribution is 7.21. The molecule has 0 radical (unpaired) electrons. The van der Waals surface area contributed by atoms with E-state index in [4.69, 9.17) is 0 Å². The number of benzene rings is 3. The molecule has 3 aromatic carbocycles. The molecule has 0 aliphatic carbocycles. The van der Waals surface area contributed by atoms with Gasteiger partial charge in [0.2, 0.25) is 0 Å². The van der Waals surface area contributed by atoms with Gasteiger partial charge in [0, 0.05) is 0 Å². The predicted octanol–water partition coefficient (Wildman–Crippen LogP) is 4.82. The van der Waals surface area contributed by atoms with Crippen LogP contribution in [0, 0.1) is 0 Å². The zero-order valence-corrected chi connectivity index (χ0v) is 11.4. The Morgan fingerprint density at radius 3 is 2.55 bits per heavy atom. The van der Waals surface area contributed by atoms with Crippen LogP contribution < -0.4 is 0 Å². The topological polar surface area (TPSA) is 33.1 Å². The van der Waals surface area contributed by atoms with Gasteiger partial charge < -0.3 is 5.11 Å². The Morgan fingerprint density at radius 2 is 1.65 bits per heavy atom. The van der Waals surface area contributed by atoms with Crippen molar-refractivity contribution in [2.45, 2.75) is 0 Å². The third-order valence-electron chi connectivity index (χ3n) is 3.41. The lowest BCUT2D eigenvalue weighted by molar-refractivity contribution is 0.478. The molecule has 1 heterocycles. The molecule has 0 fully saturated rings. The Labute approximate surface area is 120 Å². The molecule has 4 rings (SSSR count). The number of nitrogens with zero attached hydrogens (tertiary/aromatic N) is 1. The van der Waals surface area contributed by atoms with Gasteiger partial charge in [0.05, 0.1) is 15.8 Å². The van der Waals surface area contributed by atoms with Crippen LogP contribution >= 0.6 is 11.3 Å². The van der Waals surface area contributed by atoms with Gasteiger partial charge in [-0.15, -0.1) is 11.3 Å². The van der Waals surface area contributed by atoms with Gasteiger partial charge in [-0.3, -0.25) is 0 Å². The Kier molecular flexibility index (Phi) is 2.47. The summed E-state index contributed by atoms with van der Waals surface area (Å²) >= 11 is 1.61. The minimum atomic E-state index is 0.280. The molecule has 20 heavy (non-hydrogen) atoms. The van der Waals surface area contributed by atoms with Crippen LogP contribution in [0.3, 0.4) is 0 Å². The van der Waals surface area contributed by atoms with Crippen LogP contribution in [0.2, 0.25) is 0 Å². The van der Waals surface area contributed by atoms with E-state index < -0.39 is 0 Å². The van der Waals surface area contributed by atoms with Crippen molar-refractivity contribution >= 4 is 32.3 Å². The Bertz CT molecular complexity index is 893. The second-order valence-corrected chi connectivity index (χ2v) is 5.70. The van der Waals surface area contributed by atoms with Gasteiger partial charge in [0.15, 0.2) is 0 Å². The minimum absolute atomic E-state index is 0.280. The summed E-state index contributed by atoms with van der Waals surface area (Å²) in [6, 6.07) is 19.8. The third-order valence-corrected chi connectivity index (χ3v) is 4.47. The van der Waals surface area contributed by atoms with Crippen LogP contribution in [0.4, 0.5) is 0 Å². The summed E-state index contributed by atoms with van der Waals surface area (Å²) in [6.07, 6.45) is 0. The molecule has 0 unspecified atom stereocenters. The fraction of sp³-hybridized carbons (Fsp3) is 0. The molecular weight excluding hydrogens is 266 g/mol. The van der Waals surface area contributed by atoms with Crippen molar-refractivity contribution in [3.8, 4) is 16.3 Å². The molecular formula is C17H11NOS. The molecule has 0 aliphatic rings. The molecule has 0 atom stereocenters. The van der Waals surface area contributed by atoms with Gasteiger partial charge in [-0.25, -0.2) is 4.98 Å². The summed E-state index contributed by atoms with van der Waals surface area (Å²) in [5.74, 6) is 0.280. The number of phenols is 1. The molecule has 0 spiro atoms. The second-order valence-electron chi connectivity index (χ2n) is 4.67. The largest absolute Gasteiger partial charge is 0.507 e. The zero-order chi connectivity index (χ0) is 13.5. The normalized spacial score (nSPS) is 11.2. The number of aromatic hydroxyl groups is 1. The zero-order valence-electron chi connectivity index (χ0n) is 10.6. The lowest BCUT2D eigenvalue weighted by atomic mass is 10.0. The van der Waals surface area contributed by atoms with Gasteiger partial charge >= 0.3 is 0 Å². The van der Waals surface area contributed by atoms with Crippen LogP contribution in [-0.2, 0) is 0 Å². The quantitative estimate of drug-likeness (QED) is 0.541. The summed E-state index contributed by atoms with van der Waals surface area (Å²) in [5, 5.41) is 13.3. The predicted molar refractivity (Wildman–Crippen MR) is 84.2 cm³/mol. The van der Waals surface area contributed by atoms with Crippen molar-refractivity contribution in [3.63, 3.8) is 0 Å². The minimum Gasteiger partial charge on any atom is -0.507 e. The van der Waals surface area contributed by atoms with Gasteiger partial charge in [0.25, 0.3) is 0 Å². The molecule has 1 aromatic heterocycles. The lowest BCUT2D eigenvalue weighted by Crippen LogP contribution is -1.81. The first-order valence-corrected chi connectivity index (χ1v) is 7.21. The number of phenolic OH excluding ortho intramolecular Hbond substituents is 1. The van der Waals surface area contributed by atoms with Gasteiger partial charge in [0.1, 0.15) is 10.8 Å². The fourth-order valence-corrected chi connectivity index (χ4v) is 3.50. The number of fused-ring (bicyclic) bond motifs is 2. The van der Waals surface area contributed by atoms with Crippen molar-refractivity contribution in [3.05, 3.63) is 60.7 Å². The summed E-state index contributed by atoms with van der Waals surface area (Å²) in [5.41, 5.74) is 1.80. The van der Waals surface area contributed by atoms with E-state index in [9.17, 15) is 5.11 Å². The Balaban J connectivity index is 2.08. The first-order valence-electron chi connectivity index (χ1n) is 6.39. The second kappa shape index (κ2) is 4.32. The van der Waals surface area contributed by atoms with Crippen molar-refractivity contribution in [1.29, 1.82) is 0 Å². The Hall–Kier alpha value is -2.39. The molecule has 1 N–H and O–H groups in total. The number of para-hydroxylation sites is 1. The number of rotatable bonds is 1. The third kappa shape index (κ3) is 1.67. The van der Waals surface area contributed by atoms with E-state index in [-0.39, 0.29) is 5.75 Å². The van der Waals surface area contributed by atoms with E-state index >= 15 is 0 Å². The molecule has 0 bridgehead atoms. The van der Waals surface area contributed by atoms with Crippen molar-refractivity contribution in [2.24, 2.45) is 0 Å². The van der Waals surface area contributed by atoms with E-state index in [2.05, 4.69) is 11.1 Å². The maximum Gasteiger partial charge on any atom is 0.128 e. The molecule has 0 saturated carbocycles. The average Bonchev–Trinajstić information content (AvgIpc) is 2.90. The molecule has 2 nitrogen and oxygen atoms in total. The van der Waals surface area contributed by atoms with Crippen molar-refractivity contribution < 1.29 is 5.11 Å². The van der Waals surface area contributed by atoms with E-state index in [1.165, 1.54) is 0 Å². The summed E-state index contributed by atoms with van der Waals surface area (Å²) < 4.78 is 1.13. The highest BCUT2D eigenvalue weighted by Crippen LogP contribution is 2.39. The number of hydrogen-bond acceptors (Lipinski definition) is 3. The SMILES string of the molecule is Oc1ccc2ccccc2c1-c1nc2ccccc2s1. The van der Waals surface area contributed by atoms with E-state index in [0.29, 0.717) is 0 Å². The lowest BCUT2D eigenvalue weighted by Gasteiger charge is -2.06. The van der Waals surface area contributed by atoms with E-state index in [1.54, 1.807) is 17.4 Å². The fourth-order valence-electron chi connectivity index (χ4n) is 2.46. The maximum absolute atomic E-state index is 10.3. The highest BCUT2D eigenvalue weighted by Gasteiger charge is 2.13. The van der Waals surface area contributed by atoms with Crippen LogP contribution in [0.25, 0.3) is 31.6 Å². The summed E-state index contributed by atoms with van der Waals surface area (Å²) in [7, 11) is 0. The van der Waals surface area contributed by atoms with Gasteiger partial charge in [-0.2, -0.15) is 0 Å². The van der Waals surface area contributed by atoms with Crippen molar-refractivity contribution in [2.75, 3.05) is 0 Å². The Morgan fingerprint density at radius 1 is 0.850 bits per heavy atom. The maximum atomic E-state index is 10.3. The summed E-state index contributed by atoms with van der Waals surface area (Å²) in [4.78, 5) is 4.65. The summed E-state index contributed by atoms with van der Waals surface area (Å²) in [6.45, 7) is 0. The van der Waals surface area contributed by atoms with Crippen LogP contribution in [0.15, 0.2) is 60.7 Å². The van der Waals surface area contributed by atoms with Gasteiger partial charge in [-0.1, -0.05) is 42.5 Å². The van der Waals surface area contributed by atoms with E-state index in [1.807, 2.05) is 48.5 Å². The van der Waals surface area contributed by atoms with Crippen molar-refractivity contribution in [1.82, 2.24) is 4.98 Å². The number of hydrogen-bond donors (Lipinski definition) is 1. The first-order chi connectivity index (χ1) is 9.83.